The largest absolute Gasteiger partial charge is 0.394 e. The van der Waals surface area contributed by atoms with Crippen molar-refractivity contribution in [2.75, 3.05) is 18.1 Å². The van der Waals surface area contributed by atoms with E-state index in [4.69, 9.17) is 5.73 Å². The zero-order valence-corrected chi connectivity index (χ0v) is 8.76. The van der Waals surface area contributed by atoms with Gasteiger partial charge in [-0.25, -0.2) is 0 Å². The Morgan fingerprint density at radius 1 is 1.60 bits per heavy atom. The lowest BCUT2D eigenvalue weighted by atomic mass is 10.2. The number of nitrogens with zero attached hydrogens (tertiary/aromatic N) is 2. The first-order valence-electron chi connectivity index (χ1n) is 5.38. The number of pyridine rings is 1. The van der Waals surface area contributed by atoms with Crippen LogP contribution in [0.1, 0.15) is 18.5 Å². The summed E-state index contributed by atoms with van der Waals surface area (Å²) in [6.07, 6.45) is 3.94. The summed E-state index contributed by atoms with van der Waals surface area (Å²) in [7, 11) is 0. The van der Waals surface area contributed by atoms with Gasteiger partial charge in [0.05, 0.1) is 24.0 Å². The first-order valence-corrected chi connectivity index (χ1v) is 5.38. The molecule has 0 aliphatic carbocycles. The number of aromatic nitrogens is 1. The molecule has 4 heteroatoms. The van der Waals surface area contributed by atoms with Crippen LogP contribution >= 0.6 is 0 Å². The van der Waals surface area contributed by atoms with Crippen molar-refractivity contribution >= 4 is 5.69 Å². The maximum Gasteiger partial charge on any atom is 0.0772 e. The van der Waals surface area contributed by atoms with E-state index >= 15 is 0 Å². The highest BCUT2D eigenvalue weighted by Gasteiger charge is 2.25. The molecule has 2 heterocycles. The van der Waals surface area contributed by atoms with E-state index in [1.807, 2.05) is 12.1 Å². The SMILES string of the molecule is NCc1ncccc1N1CCCC1CO. The lowest BCUT2D eigenvalue weighted by Gasteiger charge is -2.26. The van der Waals surface area contributed by atoms with Gasteiger partial charge in [0.15, 0.2) is 0 Å². The number of aliphatic hydroxyl groups excluding tert-OH is 1. The topological polar surface area (TPSA) is 62.4 Å². The fraction of sp³-hybridized carbons (Fsp3) is 0.545. The van der Waals surface area contributed by atoms with E-state index in [0.717, 1.165) is 30.8 Å². The molecule has 1 aliphatic rings. The van der Waals surface area contributed by atoms with Crippen molar-refractivity contribution in [1.29, 1.82) is 0 Å². The molecule has 0 bridgehead atoms. The molecule has 1 aromatic rings. The van der Waals surface area contributed by atoms with E-state index in [9.17, 15) is 5.11 Å². The van der Waals surface area contributed by atoms with Crippen LogP contribution in [0.4, 0.5) is 5.69 Å². The third-order valence-corrected chi connectivity index (χ3v) is 2.96. The highest BCUT2D eigenvalue weighted by molar-refractivity contribution is 5.52. The van der Waals surface area contributed by atoms with Crippen LogP contribution in [0.25, 0.3) is 0 Å². The molecule has 4 nitrogen and oxygen atoms in total. The summed E-state index contributed by atoms with van der Waals surface area (Å²) in [5.41, 5.74) is 7.65. The maximum absolute atomic E-state index is 9.27. The summed E-state index contributed by atoms with van der Waals surface area (Å²) in [5.74, 6) is 0. The predicted octanol–water partition coefficient (Wildman–Crippen LogP) is 0.501. The second-order valence-corrected chi connectivity index (χ2v) is 3.85. The lowest BCUT2D eigenvalue weighted by molar-refractivity contribution is 0.266. The molecule has 82 valence electrons. The highest BCUT2D eigenvalue weighted by Crippen LogP contribution is 2.27. The average molecular weight is 207 g/mol. The minimum Gasteiger partial charge on any atom is -0.394 e. The van der Waals surface area contributed by atoms with E-state index in [0.29, 0.717) is 6.54 Å². The number of aliphatic hydroxyl groups is 1. The quantitative estimate of drug-likeness (QED) is 0.757. The molecule has 0 spiro atoms. The molecule has 1 aromatic heterocycles. The van der Waals surface area contributed by atoms with Gasteiger partial charge >= 0.3 is 0 Å². The van der Waals surface area contributed by atoms with Crippen LogP contribution in [0.3, 0.4) is 0 Å². The first-order chi connectivity index (χ1) is 7.36. The summed E-state index contributed by atoms with van der Waals surface area (Å²) in [6, 6.07) is 4.18. The molecule has 0 saturated carbocycles. The molecule has 1 saturated heterocycles. The molecule has 1 aliphatic heterocycles. The molecule has 1 unspecified atom stereocenters. The Morgan fingerprint density at radius 3 is 3.20 bits per heavy atom. The zero-order chi connectivity index (χ0) is 10.7. The van der Waals surface area contributed by atoms with Crippen molar-refractivity contribution in [3.63, 3.8) is 0 Å². The number of rotatable bonds is 3. The van der Waals surface area contributed by atoms with Crippen LogP contribution in [0, 0.1) is 0 Å². The van der Waals surface area contributed by atoms with Crippen LogP contribution in [0.5, 0.6) is 0 Å². The van der Waals surface area contributed by atoms with Crippen LogP contribution < -0.4 is 10.6 Å². The molecule has 0 amide bonds. The predicted molar refractivity (Wildman–Crippen MR) is 59.6 cm³/mol. The van der Waals surface area contributed by atoms with Crippen LogP contribution in [-0.2, 0) is 6.54 Å². The zero-order valence-electron chi connectivity index (χ0n) is 8.76. The van der Waals surface area contributed by atoms with Crippen molar-refractivity contribution in [2.24, 2.45) is 5.73 Å². The standard InChI is InChI=1S/C11H17N3O/c12-7-10-11(4-1-5-13-10)14-6-2-3-9(14)8-15/h1,4-5,9,15H,2-3,6-8,12H2. The van der Waals surface area contributed by atoms with Crippen molar-refractivity contribution in [2.45, 2.75) is 25.4 Å². The fourth-order valence-corrected chi connectivity index (χ4v) is 2.19. The summed E-state index contributed by atoms with van der Waals surface area (Å²) in [6.45, 7) is 1.65. The van der Waals surface area contributed by atoms with Gasteiger partial charge in [0.2, 0.25) is 0 Å². The van der Waals surface area contributed by atoms with Crippen molar-refractivity contribution in [3.05, 3.63) is 24.0 Å². The molecule has 1 fully saturated rings. The van der Waals surface area contributed by atoms with Gasteiger partial charge in [-0.2, -0.15) is 0 Å². The summed E-state index contributed by atoms with van der Waals surface area (Å²) in [5, 5.41) is 9.27. The Bertz CT molecular complexity index is 329. The molecular formula is C11H17N3O. The second kappa shape index (κ2) is 4.59. The van der Waals surface area contributed by atoms with Gasteiger partial charge < -0.3 is 15.7 Å². The Morgan fingerprint density at radius 2 is 2.47 bits per heavy atom. The van der Waals surface area contributed by atoms with Gasteiger partial charge in [-0.15, -0.1) is 0 Å². The lowest BCUT2D eigenvalue weighted by Crippen LogP contribution is -2.33. The van der Waals surface area contributed by atoms with Gasteiger partial charge in [-0.3, -0.25) is 4.98 Å². The van der Waals surface area contributed by atoms with E-state index in [2.05, 4.69) is 9.88 Å². The average Bonchev–Trinajstić information content (AvgIpc) is 2.76. The number of anilines is 1. The van der Waals surface area contributed by atoms with Crippen LogP contribution in [0.2, 0.25) is 0 Å². The molecule has 1 atom stereocenters. The molecule has 15 heavy (non-hydrogen) atoms. The van der Waals surface area contributed by atoms with Crippen LogP contribution in [-0.4, -0.2) is 29.3 Å². The van der Waals surface area contributed by atoms with Gasteiger partial charge in [-0.05, 0) is 25.0 Å². The molecule has 0 aromatic carbocycles. The fourth-order valence-electron chi connectivity index (χ4n) is 2.19. The minimum atomic E-state index is 0.207. The second-order valence-electron chi connectivity index (χ2n) is 3.85. The van der Waals surface area contributed by atoms with E-state index in [1.54, 1.807) is 6.20 Å². The normalized spacial score (nSPS) is 20.9. The van der Waals surface area contributed by atoms with E-state index < -0.39 is 0 Å². The summed E-state index contributed by atoms with van der Waals surface area (Å²) in [4.78, 5) is 6.48. The van der Waals surface area contributed by atoms with Gasteiger partial charge in [0, 0.05) is 19.3 Å². The maximum atomic E-state index is 9.27. The first kappa shape index (κ1) is 10.4. The Balaban J connectivity index is 2.27. The van der Waals surface area contributed by atoms with Gasteiger partial charge in [-0.1, -0.05) is 0 Å². The third kappa shape index (κ3) is 1.96. The monoisotopic (exact) mass is 207 g/mol. The third-order valence-electron chi connectivity index (χ3n) is 2.96. The number of hydrogen-bond donors (Lipinski definition) is 2. The van der Waals surface area contributed by atoms with Crippen molar-refractivity contribution in [1.82, 2.24) is 4.98 Å². The van der Waals surface area contributed by atoms with Crippen molar-refractivity contribution < 1.29 is 5.11 Å². The summed E-state index contributed by atoms with van der Waals surface area (Å²) < 4.78 is 0. The van der Waals surface area contributed by atoms with E-state index in [1.165, 1.54) is 0 Å². The molecule has 0 radical (unpaired) electrons. The summed E-state index contributed by atoms with van der Waals surface area (Å²) >= 11 is 0. The number of hydrogen-bond acceptors (Lipinski definition) is 4. The Kier molecular flexibility index (Phi) is 3.18. The molecule has 3 N–H and O–H groups in total. The smallest absolute Gasteiger partial charge is 0.0772 e. The van der Waals surface area contributed by atoms with Crippen molar-refractivity contribution in [3.8, 4) is 0 Å². The minimum absolute atomic E-state index is 0.207. The van der Waals surface area contributed by atoms with Gasteiger partial charge in [0.1, 0.15) is 0 Å². The molecular weight excluding hydrogens is 190 g/mol. The van der Waals surface area contributed by atoms with Crippen LogP contribution in [0.15, 0.2) is 18.3 Å². The van der Waals surface area contributed by atoms with E-state index in [-0.39, 0.29) is 12.6 Å². The Labute approximate surface area is 89.7 Å². The molecule has 2 rings (SSSR count). The number of nitrogens with two attached hydrogens (primary N) is 1. The Hall–Kier alpha value is -1.13. The van der Waals surface area contributed by atoms with Gasteiger partial charge in [0.25, 0.3) is 0 Å². The highest BCUT2D eigenvalue weighted by atomic mass is 16.3.